The number of nitrogens with two attached hydrogens (primary N) is 1. The van der Waals surface area contributed by atoms with Crippen LogP contribution in [0.15, 0.2) is 53.7 Å². The number of benzene rings is 2. The minimum atomic E-state index is -0.213. The molecule has 160 valence electrons. The number of anilines is 1. The van der Waals surface area contributed by atoms with Crippen LogP contribution in [0.5, 0.6) is 5.75 Å². The molecule has 3 rings (SSSR count). The maximum Gasteiger partial charge on any atom is 0.234 e. The van der Waals surface area contributed by atoms with E-state index in [1.807, 2.05) is 30.3 Å². The fraction of sp³-hybridized carbons (Fsp3) is 0.273. The number of ether oxygens (including phenoxy) is 1. The van der Waals surface area contributed by atoms with Gasteiger partial charge in [-0.15, -0.1) is 10.2 Å². The Morgan fingerprint density at radius 3 is 2.45 bits per heavy atom. The number of hydrogen-bond donors (Lipinski definition) is 2. The molecular weight excluding hydrogens is 412 g/mol. The van der Waals surface area contributed by atoms with Crippen molar-refractivity contribution in [1.29, 1.82) is 5.26 Å². The van der Waals surface area contributed by atoms with E-state index in [1.54, 1.807) is 24.3 Å². The van der Waals surface area contributed by atoms with Crippen molar-refractivity contribution >= 4 is 23.4 Å². The predicted molar refractivity (Wildman–Crippen MR) is 120 cm³/mol. The molecule has 0 spiro atoms. The molecule has 0 atom stereocenters. The number of thioether (sulfide) groups is 1. The minimum Gasteiger partial charge on any atom is -0.486 e. The van der Waals surface area contributed by atoms with Crippen molar-refractivity contribution in [1.82, 2.24) is 14.9 Å². The van der Waals surface area contributed by atoms with Gasteiger partial charge in [-0.2, -0.15) is 5.26 Å². The Labute approximate surface area is 185 Å². The highest BCUT2D eigenvalue weighted by Gasteiger charge is 2.15. The van der Waals surface area contributed by atoms with E-state index in [4.69, 9.17) is 15.8 Å². The molecule has 1 amide bonds. The molecule has 31 heavy (non-hydrogen) atoms. The van der Waals surface area contributed by atoms with Crippen LogP contribution in [0.1, 0.15) is 37.7 Å². The molecule has 8 nitrogen and oxygen atoms in total. The van der Waals surface area contributed by atoms with E-state index in [0.717, 1.165) is 0 Å². The third-order valence-corrected chi connectivity index (χ3v) is 5.40. The molecule has 0 aliphatic heterocycles. The summed E-state index contributed by atoms with van der Waals surface area (Å²) in [5, 5.41) is 20.1. The lowest BCUT2D eigenvalue weighted by molar-refractivity contribution is -0.113. The van der Waals surface area contributed by atoms with Crippen molar-refractivity contribution in [2.24, 2.45) is 0 Å². The highest BCUT2D eigenvalue weighted by atomic mass is 32.2. The van der Waals surface area contributed by atoms with E-state index < -0.39 is 0 Å². The molecule has 2 aromatic carbocycles. The molecule has 0 aliphatic rings. The van der Waals surface area contributed by atoms with Crippen LogP contribution < -0.4 is 15.9 Å². The first-order chi connectivity index (χ1) is 14.8. The predicted octanol–water partition coefficient (Wildman–Crippen LogP) is 3.47. The van der Waals surface area contributed by atoms with Crippen molar-refractivity contribution in [3.8, 4) is 11.8 Å². The van der Waals surface area contributed by atoms with E-state index in [-0.39, 0.29) is 23.7 Å². The summed E-state index contributed by atoms with van der Waals surface area (Å²) in [5.74, 6) is 7.12. The minimum absolute atomic E-state index is 0.0778. The second-order valence-electron chi connectivity index (χ2n) is 7.86. The highest BCUT2D eigenvalue weighted by Crippen LogP contribution is 2.24. The standard InChI is InChI=1S/C22H24N6O2S/c1-22(2,3)16-6-10-18(11-7-16)30-13-19-26-27-21(28(19)24)31-14-20(29)25-17-8-4-15(12-23)5-9-17/h4-11H,13-14,24H2,1-3H3,(H,25,29). The maximum atomic E-state index is 12.1. The van der Waals surface area contributed by atoms with Gasteiger partial charge >= 0.3 is 0 Å². The number of nitrogens with one attached hydrogen (secondary N) is 1. The Kier molecular flexibility index (Phi) is 6.82. The first-order valence-corrected chi connectivity index (χ1v) is 10.6. The molecule has 0 radical (unpaired) electrons. The number of hydrogen-bond acceptors (Lipinski definition) is 7. The quantitative estimate of drug-likeness (QED) is 0.430. The largest absolute Gasteiger partial charge is 0.486 e. The van der Waals surface area contributed by atoms with Gasteiger partial charge in [0.05, 0.1) is 17.4 Å². The first-order valence-electron chi connectivity index (χ1n) is 9.62. The van der Waals surface area contributed by atoms with Gasteiger partial charge in [-0.05, 0) is 47.4 Å². The number of nitriles is 1. The molecule has 0 unspecified atom stereocenters. The zero-order valence-corrected chi connectivity index (χ0v) is 18.4. The fourth-order valence-electron chi connectivity index (χ4n) is 2.66. The van der Waals surface area contributed by atoms with Crippen LogP contribution in [0.4, 0.5) is 5.69 Å². The smallest absolute Gasteiger partial charge is 0.234 e. The van der Waals surface area contributed by atoms with Crippen LogP contribution in [0.3, 0.4) is 0 Å². The number of nitrogen functional groups attached to an aromatic ring is 1. The van der Waals surface area contributed by atoms with Crippen molar-refractivity contribution in [3.05, 3.63) is 65.5 Å². The zero-order chi connectivity index (χ0) is 22.4. The maximum absolute atomic E-state index is 12.1. The fourth-order valence-corrected chi connectivity index (χ4v) is 3.33. The van der Waals surface area contributed by atoms with Gasteiger partial charge in [0.2, 0.25) is 11.1 Å². The molecule has 0 bridgehead atoms. The van der Waals surface area contributed by atoms with Gasteiger partial charge in [-0.3, -0.25) is 4.79 Å². The molecular formula is C22H24N6O2S. The van der Waals surface area contributed by atoms with Crippen LogP contribution in [-0.4, -0.2) is 26.5 Å². The molecule has 0 saturated carbocycles. The van der Waals surface area contributed by atoms with Crippen molar-refractivity contribution < 1.29 is 9.53 Å². The summed E-state index contributed by atoms with van der Waals surface area (Å²) in [4.78, 5) is 12.1. The molecule has 1 aromatic heterocycles. The van der Waals surface area contributed by atoms with Crippen molar-refractivity contribution in [2.75, 3.05) is 16.9 Å². The molecule has 1 heterocycles. The number of nitrogens with zero attached hydrogens (tertiary/aromatic N) is 4. The average Bonchev–Trinajstić information content (AvgIpc) is 3.10. The van der Waals surface area contributed by atoms with Gasteiger partial charge in [0.1, 0.15) is 12.4 Å². The lowest BCUT2D eigenvalue weighted by Gasteiger charge is -2.19. The first kappa shape index (κ1) is 22.2. The molecule has 9 heteroatoms. The van der Waals surface area contributed by atoms with E-state index in [9.17, 15) is 4.79 Å². The van der Waals surface area contributed by atoms with Gasteiger partial charge in [0.25, 0.3) is 0 Å². The van der Waals surface area contributed by atoms with E-state index in [0.29, 0.717) is 28.0 Å². The highest BCUT2D eigenvalue weighted by molar-refractivity contribution is 7.99. The molecule has 0 saturated heterocycles. The topological polar surface area (TPSA) is 119 Å². The van der Waals surface area contributed by atoms with E-state index >= 15 is 0 Å². The second kappa shape index (κ2) is 9.53. The Hall–Kier alpha value is -3.51. The summed E-state index contributed by atoms with van der Waals surface area (Å²) >= 11 is 1.17. The Balaban J connectivity index is 1.51. The van der Waals surface area contributed by atoms with Gasteiger partial charge in [0, 0.05) is 5.69 Å². The molecule has 3 aromatic rings. The van der Waals surface area contributed by atoms with Crippen molar-refractivity contribution in [2.45, 2.75) is 37.9 Å². The normalized spacial score (nSPS) is 11.0. The Morgan fingerprint density at radius 1 is 1.16 bits per heavy atom. The summed E-state index contributed by atoms with van der Waals surface area (Å²) in [7, 11) is 0. The number of amides is 1. The Morgan fingerprint density at radius 2 is 1.84 bits per heavy atom. The monoisotopic (exact) mass is 436 g/mol. The van der Waals surface area contributed by atoms with Gasteiger partial charge in [-0.25, -0.2) is 4.68 Å². The zero-order valence-electron chi connectivity index (χ0n) is 17.6. The summed E-state index contributed by atoms with van der Waals surface area (Å²) in [6.45, 7) is 6.63. The lowest BCUT2D eigenvalue weighted by atomic mass is 9.87. The van der Waals surface area contributed by atoms with Crippen molar-refractivity contribution in [3.63, 3.8) is 0 Å². The third kappa shape index (κ3) is 5.99. The second-order valence-corrected chi connectivity index (χ2v) is 8.80. The Bertz CT molecular complexity index is 1080. The SMILES string of the molecule is CC(C)(C)c1ccc(OCc2nnc(SCC(=O)Nc3ccc(C#N)cc3)n2N)cc1. The van der Waals surface area contributed by atoms with Gasteiger partial charge in [0.15, 0.2) is 5.82 Å². The number of rotatable bonds is 7. The van der Waals surface area contributed by atoms with Gasteiger partial charge in [-0.1, -0.05) is 44.7 Å². The average molecular weight is 437 g/mol. The van der Waals surface area contributed by atoms with Gasteiger partial charge < -0.3 is 15.9 Å². The number of aromatic nitrogens is 3. The van der Waals surface area contributed by atoms with Crippen LogP contribution in [0.25, 0.3) is 0 Å². The summed E-state index contributed by atoms with van der Waals surface area (Å²) < 4.78 is 7.09. The number of carbonyl (C=O) groups is 1. The summed E-state index contributed by atoms with van der Waals surface area (Å²) in [6.07, 6.45) is 0. The van der Waals surface area contributed by atoms with Crippen LogP contribution in [0, 0.1) is 11.3 Å². The van der Waals surface area contributed by atoms with Crippen LogP contribution in [0.2, 0.25) is 0 Å². The molecule has 0 fully saturated rings. The van der Waals surface area contributed by atoms with E-state index in [2.05, 4.69) is 36.3 Å². The molecule has 0 aliphatic carbocycles. The third-order valence-electron chi connectivity index (χ3n) is 4.45. The van der Waals surface area contributed by atoms with Crippen LogP contribution in [-0.2, 0) is 16.8 Å². The lowest BCUT2D eigenvalue weighted by Crippen LogP contribution is -2.18. The summed E-state index contributed by atoms with van der Waals surface area (Å²) in [6, 6.07) is 16.6. The molecule has 3 N–H and O–H groups in total. The number of carbonyl (C=O) groups excluding carboxylic acids is 1. The summed E-state index contributed by atoms with van der Waals surface area (Å²) in [5.41, 5.74) is 2.45. The van der Waals surface area contributed by atoms with Crippen LogP contribution >= 0.6 is 11.8 Å². The van der Waals surface area contributed by atoms with E-state index in [1.165, 1.54) is 22.0 Å².